The third-order valence-electron chi connectivity index (χ3n) is 2.65. The van der Waals surface area contributed by atoms with Crippen molar-refractivity contribution in [3.8, 4) is 0 Å². The smallest absolute Gasteiger partial charge is 0.407 e. The first-order chi connectivity index (χ1) is 9.25. The van der Waals surface area contributed by atoms with Crippen LogP contribution < -0.4 is 5.32 Å². The molecule has 1 amide bonds. The van der Waals surface area contributed by atoms with Crippen molar-refractivity contribution in [1.29, 1.82) is 0 Å². The van der Waals surface area contributed by atoms with Gasteiger partial charge in [0.05, 0.1) is 13.0 Å². The molecule has 2 atom stereocenters. The minimum atomic E-state index is -0.603. The van der Waals surface area contributed by atoms with Crippen LogP contribution in [0.3, 0.4) is 0 Å². The van der Waals surface area contributed by atoms with Crippen LogP contribution in [0.5, 0.6) is 0 Å². The van der Waals surface area contributed by atoms with Gasteiger partial charge in [0, 0.05) is 13.2 Å². The molecular weight excluding hydrogens is 262 g/mol. The number of amides is 1. The summed E-state index contributed by atoms with van der Waals surface area (Å²) in [5, 5.41) is 11.5. The van der Waals surface area contributed by atoms with Gasteiger partial charge >= 0.3 is 12.1 Å². The first-order valence-corrected chi connectivity index (χ1v) is 6.53. The summed E-state index contributed by atoms with van der Waals surface area (Å²) in [7, 11) is 1.28. The molecule has 0 spiro atoms. The maximum Gasteiger partial charge on any atom is 0.407 e. The van der Waals surface area contributed by atoms with E-state index in [9.17, 15) is 9.59 Å². The number of nitrogens with one attached hydrogen (secondary N) is 1. The highest BCUT2D eigenvalue weighted by Gasteiger charge is 2.28. The fourth-order valence-electron chi connectivity index (χ4n) is 1.70. The Morgan fingerprint density at radius 2 is 2.00 bits per heavy atom. The Bertz CT molecular complexity index is 335. The minimum Gasteiger partial charge on any atom is -0.469 e. The molecule has 0 saturated heterocycles. The summed E-state index contributed by atoms with van der Waals surface area (Å²) in [6, 6.07) is 0. The van der Waals surface area contributed by atoms with Crippen LogP contribution in [0.2, 0.25) is 0 Å². The number of aliphatic hydroxyl groups is 1. The number of hydrogen-bond acceptors (Lipinski definition) is 5. The van der Waals surface area contributed by atoms with E-state index in [0.29, 0.717) is 6.42 Å². The van der Waals surface area contributed by atoms with E-state index < -0.39 is 23.6 Å². The van der Waals surface area contributed by atoms with Crippen LogP contribution in [0.1, 0.15) is 27.2 Å². The second-order valence-electron chi connectivity index (χ2n) is 5.42. The van der Waals surface area contributed by atoms with Gasteiger partial charge in [-0.3, -0.25) is 4.79 Å². The fourth-order valence-corrected chi connectivity index (χ4v) is 1.70. The van der Waals surface area contributed by atoms with E-state index in [-0.39, 0.29) is 19.1 Å². The summed E-state index contributed by atoms with van der Waals surface area (Å²) in [5.41, 5.74) is -0.603. The molecule has 0 heterocycles. The lowest BCUT2D eigenvalue weighted by atomic mass is 9.89. The summed E-state index contributed by atoms with van der Waals surface area (Å²) in [4.78, 5) is 23.3. The summed E-state index contributed by atoms with van der Waals surface area (Å²) in [6.07, 6.45) is 1.35. The number of aliphatic hydroxyl groups excluding tert-OH is 1. The van der Waals surface area contributed by atoms with Gasteiger partial charge in [0.2, 0.25) is 0 Å². The van der Waals surface area contributed by atoms with Gasteiger partial charge in [-0.25, -0.2) is 4.79 Å². The van der Waals surface area contributed by atoms with Gasteiger partial charge in [0.15, 0.2) is 0 Å². The average Bonchev–Trinajstić information content (AvgIpc) is 2.34. The lowest BCUT2D eigenvalue weighted by Gasteiger charge is -2.24. The second-order valence-corrected chi connectivity index (χ2v) is 5.42. The molecule has 0 rings (SSSR count). The molecule has 20 heavy (non-hydrogen) atoms. The number of ether oxygens (including phenoxy) is 2. The maximum absolute atomic E-state index is 11.7. The Morgan fingerprint density at radius 1 is 1.40 bits per heavy atom. The van der Waals surface area contributed by atoms with Crippen molar-refractivity contribution in [3.05, 3.63) is 12.7 Å². The molecule has 0 radical (unpaired) electrons. The Kier molecular flexibility index (Phi) is 7.91. The number of esters is 1. The second kappa shape index (κ2) is 8.58. The van der Waals surface area contributed by atoms with Crippen molar-refractivity contribution in [3.63, 3.8) is 0 Å². The Balaban J connectivity index is 4.62. The number of carbonyl (C=O) groups is 2. The molecular formula is C14H25NO5. The van der Waals surface area contributed by atoms with E-state index in [0.717, 1.165) is 0 Å². The number of rotatable bonds is 7. The van der Waals surface area contributed by atoms with E-state index in [1.807, 2.05) is 0 Å². The molecule has 2 N–H and O–H groups in total. The molecule has 0 aromatic rings. The lowest BCUT2D eigenvalue weighted by Crippen LogP contribution is -2.40. The Morgan fingerprint density at radius 3 is 2.40 bits per heavy atom. The standard InChI is InChI=1S/C14H25NO5/c1-6-10(7-8-16)11(12(17)19-5)9-15-13(18)20-14(2,3)4/h6,10-11,16H,1,7-9H2,2-5H3,(H,15,18)/t10-,11+/m1/s1. The largest absolute Gasteiger partial charge is 0.469 e. The first kappa shape index (κ1) is 18.4. The lowest BCUT2D eigenvalue weighted by molar-refractivity contribution is -0.146. The van der Waals surface area contributed by atoms with Crippen LogP contribution in [0.4, 0.5) is 4.79 Å². The summed E-state index contributed by atoms with van der Waals surface area (Å²) < 4.78 is 9.81. The van der Waals surface area contributed by atoms with Crippen LogP contribution in [-0.4, -0.2) is 43.0 Å². The predicted octanol–water partition coefficient (Wildman–Crippen LogP) is 1.48. The zero-order valence-corrected chi connectivity index (χ0v) is 12.6. The quantitative estimate of drug-likeness (QED) is 0.547. The summed E-state index contributed by atoms with van der Waals surface area (Å²) >= 11 is 0. The minimum absolute atomic E-state index is 0.0677. The van der Waals surface area contributed by atoms with Crippen molar-refractivity contribution in [1.82, 2.24) is 5.32 Å². The molecule has 116 valence electrons. The highest BCUT2D eigenvalue weighted by molar-refractivity contribution is 5.74. The topological polar surface area (TPSA) is 84.9 Å². The van der Waals surface area contributed by atoms with E-state index in [4.69, 9.17) is 14.6 Å². The fraction of sp³-hybridized carbons (Fsp3) is 0.714. The molecule has 6 heteroatoms. The third kappa shape index (κ3) is 7.13. The van der Waals surface area contributed by atoms with Crippen molar-refractivity contribution in [2.45, 2.75) is 32.8 Å². The summed E-state index contributed by atoms with van der Waals surface area (Å²) in [5.74, 6) is -1.33. The van der Waals surface area contributed by atoms with Crippen molar-refractivity contribution in [2.75, 3.05) is 20.3 Å². The molecule has 0 bridgehead atoms. The van der Waals surface area contributed by atoms with E-state index in [1.54, 1.807) is 26.8 Å². The monoisotopic (exact) mass is 287 g/mol. The molecule has 6 nitrogen and oxygen atoms in total. The molecule has 0 aliphatic heterocycles. The van der Waals surface area contributed by atoms with Gasteiger partial charge in [-0.2, -0.15) is 0 Å². The van der Waals surface area contributed by atoms with Crippen LogP contribution in [0.25, 0.3) is 0 Å². The molecule has 0 aromatic heterocycles. The van der Waals surface area contributed by atoms with Gasteiger partial charge in [-0.15, -0.1) is 6.58 Å². The number of methoxy groups -OCH3 is 1. The van der Waals surface area contributed by atoms with Crippen molar-refractivity contribution >= 4 is 12.1 Å². The zero-order chi connectivity index (χ0) is 15.8. The highest BCUT2D eigenvalue weighted by atomic mass is 16.6. The predicted molar refractivity (Wildman–Crippen MR) is 75.1 cm³/mol. The summed E-state index contributed by atoms with van der Waals surface area (Å²) in [6.45, 7) is 8.89. The van der Waals surface area contributed by atoms with Gasteiger partial charge in [0.25, 0.3) is 0 Å². The van der Waals surface area contributed by atoms with Crippen LogP contribution in [0.15, 0.2) is 12.7 Å². The van der Waals surface area contributed by atoms with Crippen molar-refractivity contribution < 1.29 is 24.2 Å². The average molecular weight is 287 g/mol. The van der Waals surface area contributed by atoms with Gasteiger partial charge in [-0.05, 0) is 33.1 Å². The molecule has 0 aromatic carbocycles. The van der Waals surface area contributed by atoms with Gasteiger partial charge in [-0.1, -0.05) is 6.08 Å². The SMILES string of the molecule is C=C[C@H](CCO)[C@H](CNC(=O)OC(C)(C)C)C(=O)OC. The highest BCUT2D eigenvalue weighted by Crippen LogP contribution is 2.18. The molecule has 0 aliphatic rings. The number of allylic oxidation sites excluding steroid dienone is 1. The Labute approximate surface area is 120 Å². The zero-order valence-electron chi connectivity index (χ0n) is 12.6. The van der Waals surface area contributed by atoms with E-state index in [1.165, 1.54) is 7.11 Å². The van der Waals surface area contributed by atoms with Crippen LogP contribution >= 0.6 is 0 Å². The van der Waals surface area contributed by atoms with Gasteiger partial charge < -0.3 is 19.9 Å². The maximum atomic E-state index is 11.7. The molecule has 0 aliphatic carbocycles. The first-order valence-electron chi connectivity index (χ1n) is 6.53. The number of carbonyl (C=O) groups excluding carboxylic acids is 2. The van der Waals surface area contributed by atoms with Gasteiger partial charge in [0.1, 0.15) is 5.60 Å². The Hall–Kier alpha value is -1.56. The normalized spacial score (nSPS) is 14.1. The number of hydrogen-bond donors (Lipinski definition) is 2. The molecule has 0 saturated carbocycles. The van der Waals surface area contributed by atoms with Crippen molar-refractivity contribution in [2.24, 2.45) is 11.8 Å². The number of alkyl carbamates (subject to hydrolysis) is 1. The van der Waals surface area contributed by atoms with Crippen LogP contribution in [-0.2, 0) is 14.3 Å². The molecule has 0 unspecified atom stereocenters. The van der Waals surface area contributed by atoms with E-state index >= 15 is 0 Å². The van der Waals surface area contributed by atoms with Crippen LogP contribution in [0, 0.1) is 11.8 Å². The van der Waals surface area contributed by atoms with E-state index in [2.05, 4.69) is 11.9 Å². The third-order valence-corrected chi connectivity index (χ3v) is 2.65. The molecule has 0 fully saturated rings.